The van der Waals surface area contributed by atoms with Gasteiger partial charge in [0.15, 0.2) is 0 Å². The lowest BCUT2D eigenvalue weighted by molar-refractivity contribution is -0.129. The van der Waals surface area contributed by atoms with Crippen molar-refractivity contribution in [1.29, 1.82) is 0 Å². The highest BCUT2D eigenvalue weighted by Crippen LogP contribution is 2.27. The maximum absolute atomic E-state index is 11.9. The number of hydrogen-bond donors (Lipinski definition) is 1. The van der Waals surface area contributed by atoms with Crippen molar-refractivity contribution in [1.82, 2.24) is 10.2 Å². The third-order valence-corrected chi connectivity index (χ3v) is 3.82. The maximum Gasteiger partial charge on any atom is 0.236 e. The first-order valence-electron chi connectivity index (χ1n) is 7.80. The van der Waals surface area contributed by atoms with E-state index in [1.54, 1.807) is 4.90 Å². The average Bonchev–Trinajstić information content (AvgIpc) is 3.29. The van der Waals surface area contributed by atoms with Gasteiger partial charge in [-0.25, -0.2) is 0 Å². The molecule has 1 amide bonds. The normalized spacial score (nSPS) is 13.4. The monoisotopic (exact) mass is 326 g/mol. The molecule has 5 heteroatoms. The summed E-state index contributed by atoms with van der Waals surface area (Å²) in [5, 5.41) is 3.23. The molecule has 0 unspecified atom stereocenters. The van der Waals surface area contributed by atoms with Gasteiger partial charge in [0, 0.05) is 13.6 Å². The van der Waals surface area contributed by atoms with Crippen LogP contribution in [0.4, 0.5) is 0 Å². The summed E-state index contributed by atoms with van der Waals surface area (Å²) >= 11 is 0. The fraction of sp³-hybridized carbons (Fsp3) is 0.588. The van der Waals surface area contributed by atoms with E-state index in [1.165, 1.54) is 12.8 Å². The van der Waals surface area contributed by atoms with Gasteiger partial charge >= 0.3 is 0 Å². The first kappa shape index (κ1) is 18.8. The van der Waals surface area contributed by atoms with Crippen LogP contribution in [0.15, 0.2) is 24.3 Å². The topological polar surface area (TPSA) is 41.6 Å². The largest absolute Gasteiger partial charge is 0.493 e. The lowest BCUT2D eigenvalue weighted by Gasteiger charge is -2.18. The van der Waals surface area contributed by atoms with E-state index < -0.39 is 0 Å². The minimum Gasteiger partial charge on any atom is -0.493 e. The molecule has 0 aliphatic heterocycles. The van der Waals surface area contributed by atoms with Gasteiger partial charge in [0.25, 0.3) is 0 Å². The molecule has 1 aromatic carbocycles. The van der Waals surface area contributed by atoms with E-state index in [0.29, 0.717) is 13.2 Å². The van der Waals surface area contributed by atoms with Crippen molar-refractivity contribution in [3.63, 3.8) is 0 Å². The van der Waals surface area contributed by atoms with Crippen molar-refractivity contribution in [2.45, 2.75) is 26.2 Å². The van der Waals surface area contributed by atoms with Crippen molar-refractivity contribution in [2.24, 2.45) is 5.92 Å². The van der Waals surface area contributed by atoms with E-state index >= 15 is 0 Å². The molecule has 0 radical (unpaired) electrons. The Morgan fingerprint density at radius 2 is 2.09 bits per heavy atom. The van der Waals surface area contributed by atoms with Crippen LogP contribution in [0, 0.1) is 12.8 Å². The number of nitrogens with zero attached hydrogens (tertiary/aromatic N) is 1. The van der Waals surface area contributed by atoms with E-state index in [0.717, 1.165) is 36.7 Å². The van der Waals surface area contributed by atoms with E-state index in [2.05, 4.69) is 5.32 Å². The first-order chi connectivity index (χ1) is 10.2. The minimum atomic E-state index is 0. The van der Waals surface area contributed by atoms with Gasteiger partial charge in [-0.3, -0.25) is 4.79 Å². The SMILES string of the molecule is Cc1ccccc1OCCCN(C)C(=O)CNCC1CC1.Cl. The van der Waals surface area contributed by atoms with E-state index in [4.69, 9.17) is 4.74 Å². The van der Waals surface area contributed by atoms with Crippen LogP contribution in [0.3, 0.4) is 0 Å². The Bertz CT molecular complexity index is 464. The molecule has 1 saturated carbocycles. The fourth-order valence-electron chi connectivity index (χ4n) is 2.17. The molecule has 0 bridgehead atoms. The summed E-state index contributed by atoms with van der Waals surface area (Å²) in [4.78, 5) is 13.7. The van der Waals surface area contributed by atoms with Gasteiger partial charge in [0.1, 0.15) is 5.75 Å². The number of likely N-dealkylation sites (N-methyl/N-ethyl adjacent to an activating group) is 1. The Morgan fingerprint density at radius 3 is 2.77 bits per heavy atom. The Balaban J connectivity index is 0.00000242. The Labute approximate surface area is 139 Å². The van der Waals surface area contributed by atoms with Crippen LogP contribution in [-0.2, 0) is 4.79 Å². The van der Waals surface area contributed by atoms with E-state index in [9.17, 15) is 4.79 Å². The number of hydrogen-bond acceptors (Lipinski definition) is 3. The van der Waals surface area contributed by atoms with Gasteiger partial charge in [-0.1, -0.05) is 18.2 Å². The molecule has 2 rings (SSSR count). The van der Waals surface area contributed by atoms with Gasteiger partial charge in [-0.15, -0.1) is 12.4 Å². The molecule has 0 heterocycles. The summed E-state index contributed by atoms with van der Waals surface area (Å²) in [6, 6.07) is 8.00. The third kappa shape index (κ3) is 6.67. The quantitative estimate of drug-likeness (QED) is 0.709. The van der Waals surface area contributed by atoms with Crippen LogP contribution in [0.5, 0.6) is 5.75 Å². The molecule has 1 N–H and O–H groups in total. The molecule has 0 atom stereocenters. The lowest BCUT2D eigenvalue weighted by Crippen LogP contribution is -2.37. The summed E-state index contributed by atoms with van der Waals surface area (Å²) in [6.07, 6.45) is 3.47. The fourth-order valence-corrected chi connectivity index (χ4v) is 2.17. The van der Waals surface area contributed by atoms with Crippen LogP contribution >= 0.6 is 12.4 Å². The standard InChI is InChI=1S/C17H26N2O2.ClH/c1-14-6-3-4-7-16(14)21-11-5-10-19(2)17(20)13-18-12-15-8-9-15;/h3-4,6-7,15,18H,5,8-13H2,1-2H3;1H. The van der Waals surface area contributed by atoms with Gasteiger partial charge in [-0.05, 0) is 50.3 Å². The number of carbonyl (C=O) groups excluding carboxylic acids is 1. The Hall–Kier alpha value is -1.26. The second-order valence-electron chi connectivity index (χ2n) is 5.86. The molecule has 0 spiro atoms. The van der Waals surface area contributed by atoms with Crippen molar-refractivity contribution in [3.8, 4) is 5.75 Å². The molecule has 1 fully saturated rings. The number of aryl methyl sites for hydroxylation is 1. The Morgan fingerprint density at radius 1 is 1.36 bits per heavy atom. The van der Waals surface area contributed by atoms with Gasteiger partial charge in [-0.2, -0.15) is 0 Å². The zero-order valence-corrected chi connectivity index (χ0v) is 14.3. The molecule has 124 valence electrons. The summed E-state index contributed by atoms with van der Waals surface area (Å²) in [5.74, 6) is 1.90. The molecule has 1 aliphatic rings. The number of para-hydroxylation sites is 1. The molecule has 1 aromatic rings. The van der Waals surface area contributed by atoms with E-state index in [-0.39, 0.29) is 18.3 Å². The number of amides is 1. The van der Waals surface area contributed by atoms with Crippen molar-refractivity contribution in [2.75, 3.05) is 33.3 Å². The highest BCUT2D eigenvalue weighted by Gasteiger charge is 2.20. The van der Waals surface area contributed by atoms with Crippen LogP contribution < -0.4 is 10.1 Å². The second kappa shape index (κ2) is 9.70. The van der Waals surface area contributed by atoms with Crippen LogP contribution in [0.2, 0.25) is 0 Å². The predicted octanol–water partition coefficient (Wildman–Crippen LogP) is 2.64. The number of halogens is 1. The molecule has 0 saturated heterocycles. The second-order valence-corrected chi connectivity index (χ2v) is 5.86. The number of carbonyl (C=O) groups is 1. The summed E-state index contributed by atoms with van der Waals surface area (Å²) in [7, 11) is 1.86. The van der Waals surface area contributed by atoms with Crippen LogP contribution in [0.1, 0.15) is 24.8 Å². The number of nitrogens with one attached hydrogen (secondary N) is 1. The van der Waals surface area contributed by atoms with Crippen molar-refractivity contribution >= 4 is 18.3 Å². The number of benzene rings is 1. The molecular weight excluding hydrogens is 300 g/mol. The summed E-state index contributed by atoms with van der Waals surface area (Å²) in [6.45, 7) is 4.84. The number of rotatable bonds is 9. The van der Waals surface area contributed by atoms with Gasteiger partial charge in [0.2, 0.25) is 5.91 Å². The highest BCUT2D eigenvalue weighted by atomic mass is 35.5. The molecule has 1 aliphatic carbocycles. The summed E-state index contributed by atoms with van der Waals surface area (Å²) < 4.78 is 5.73. The van der Waals surface area contributed by atoms with Gasteiger partial charge in [0.05, 0.1) is 13.2 Å². The van der Waals surface area contributed by atoms with Crippen LogP contribution in [-0.4, -0.2) is 44.1 Å². The maximum atomic E-state index is 11.9. The zero-order chi connectivity index (χ0) is 15.1. The predicted molar refractivity (Wildman–Crippen MR) is 91.8 cm³/mol. The molecule has 22 heavy (non-hydrogen) atoms. The highest BCUT2D eigenvalue weighted by molar-refractivity contribution is 5.85. The molecule has 4 nitrogen and oxygen atoms in total. The first-order valence-corrected chi connectivity index (χ1v) is 7.80. The minimum absolute atomic E-state index is 0. The van der Waals surface area contributed by atoms with Crippen LogP contribution in [0.25, 0.3) is 0 Å². The molecular formula is C17H27ClN2O2. The smallest absolute Gasteiger partial charge is 0.236 e. The lowest BCUT2D eigenvalue weighted by atomic mass is 10.2. The third-order valence-electron chi connectivity index (χ3n) is 3.82. The average molecular weight is 327 g/mol. The summed E-state index contributed by atoms with van der Waals surface area (Å²) in [5.41, 5.74) is 1.14. The zero-order valence-electron chi connectivity index (χ0n) is 13.5. The van der Waals surface area contributed by atoms with Crippen molar-refractivity contribution in [3.05, 3.63) is 29.8 Å². The van der Waals surface area contributed by atoms with Gasteiger partial charge < -0.3 is 15.0 Å². The number of ether oxygens (including phenoxy) is 1. The van der Waals surface area contributed by atoms with E-state index in [1.807, 2.05) is 38.2 Å². The Kier molecular flexibility index (Phi) is 8.28. The van der Waals surface area contributed by atoms with Crippen molar-refractivity contribution < 1.29 is 9.53 Å². The molecule has 0 aromatic heterocycles.